The second-order valence-corrected chi connectivity index (χ2v) is 4.29. The molecule has 6 heteroatoms. The highest BCUT2D eigenvalue weighted by Gasteiger charge is 2.04. The third kappa shape index (κ3) is 3.32. The van der Waals surface area contributed by atoms with Crippen molar-refractivity contribution in [3.8, 4) is 0 Å². The standard InChI is InChI=1S/C14H15N5O/c1-9(19-12-7-17-8-18-13(12)15)6-10-2-4-11(5-3-10)14(16)20/h2-5,7-8,19H,1,6H2,(H2,16,20)(H2,15,17,18). The van der Waals surface area contributed by atoms with Gasteiger partial charge < -0.3 is 16.8 Å². The zero-order valence-electron chi connectivity index (χ0n) is 10.8. The van der Waals surface area contributed by atoms with Gasteiger partial charge in [-0.05, 0) is 17.7 Å². The van der Waals surface area contributed by atoms with E-state index in [0.29, 0.717) is 23.5 Å². The van der Waals surface area contributed by atoms with Gasteiger partial charge in [0.2, 0.25) is 5.91 Å². The largest absolute Gasteiger partial charge is 0.382 e. The number of benzene rings is 1. The maximum atomic E-state index is 11.0. The molecule has 0 saturated carbocycles. The van der Waals surface area contributed by atoms with Gasteiger partial charge in [-0.1, -0.05) is 18.7 Å². The highest BCUT2D eigenvalue weighted by molar-refractivity contribution is 5.92. The lowest BCUT2D eigenvalue weighted by Crippen LogP contribution is -2.10. The number of carbonyl (C=O) groups is 1. The minimum absolute atomic E-state index is 0.366. The molecule has 0 unspecified atom stereocenters. The van der Waals surface area contributed by atoms with Crippen LogP contribution in [0.25, 0.3) is 0 Å². The Labute approximate surface area is 116 Å². The van der Waals surface area contributed by atoms with E-state index in [9.17, 15) is 4.79 Å². The number of nitrogens with one attached hydrogen (secondary N) is 1. The van der Waals surface area contributed by atoms with E-state index in [1.54, 1.807) is 18.3 Å². The summed E-state index contributed by atoms with van der Waals surface area (Å²) < 4.78 is 0. The van der Waals surface area contributed by atoms with E-state index in [1.165, 1.54) is 6.33 Å². The Balaban J connectivity index is 2.01. The van der Waals surface area contributed by atoms with Gasteiger partial charge in [-0.25, -0.2) is 9.97 Å². The lowest BCUT2D eigenvalue weighted by atomic mass is 10.1. The number of nitrogens with zero attached hydrogens (tertiary/aromatic N) is 2. The molecule has 0 saturated heterocycles. The predicted octanol–water partition coefficient (Wildman–Crippen LogP) is 1.33. The van der Waals surface area contributed by atoms with Gasteiger partial charge in [-0.2, -0.15) is 0 Å². The van der Waals surface area contributed by atoms with Crippen LogP contribution in [-0.4, -0.2) is 15.9 Å². The zero-order chi connectivity index (χ0) is 14.5. The minimum Gasteiger partial charge on any atom is -0.382 e. The number of rotatable bonds is 5. The molecule has 1 heterocycles. The molecule has 0 radical (unpaired) electrons. The monoisotopic (exact) mass is 269 g/mol. The van der Waals surface area contributed by atoms with Crippen LogP contribution < -0.4 is 16.8 Å². The molecule has 0 fully saturated rings. The van der Waals surface area contributed by atoms with Gasteiger partial charge in [0.05, 0.1) is 11.9 Å². The maximum Gasteiger partial charge on any atom is 0.248 e. The van der Waals surface area contributed by atoms with Crippen LogP contribution in [0.2, 0.25) is 0 Å². The van der Waals surface area contributed by atoms with E-state index in [2.05, 4.69) is 21.9 Å². The average Bonchev–Trinajstić information content (AvgIpc) is 2.42. The number of aromatic nitrogens is 2. The second kappa shape index (κ2) is 5.83. The van der Waals surface area contributed by atoms with Crippen LogP contribution in [0, 0.1) is 0 Å². The van der Waals surface area contributed by atoms with Crippen molar-refractivity contribution in [1.82, 2.24) is 9.97 Å². The Morgan fingerprint density at radius 1 is 1.30 bits per heavy atom. The molecule has 5 N–H and O–H groups in total. The van der Waals surface area contributed by atoms with E-state index in [0.717, 1.165) is 11.3 Å². The van der Waals surface area contributed by atoms with Crippen LogP contribution in [0.3, 0.4) is 0 Å². The molecule has 0 atom stereocenters. The summed E-state index contributed by atoms with van der Waals surface area (Å²) in [7, 11) is 0. The van der Waals surface area contributed by atoms with Gasteiger partial charge in [-0.3, -0.25) is 4.79 Å². The fourth-order valence-corrected chi connectivity index (χ4v) is 1.70. The van der Waals surface area contributed by atoms with Gasteiger partial charge >= 0.3 is 0 Å². The fraction of sp³-hybridized carbons (Fsp3) is 0.0714. The van der Waals surface area contributed by atoms with E-state index in [4.69, 9.17) is 11.5 Å². The van der Waals surface area contributed by atoms with E-state index in [1.807, 2.05) is 12.1 Å². The second-order valence-electron chi connectivity index (χ2n) is 4.29. The number of hydrogen-bond acceptors (Lipinski definition) is 5. The van der Waals surface area contributed by atoms with Crippen LogP contribution in [-0.2, 0) is 6.42 Å². The molecule has 0 aliphatic heterocycles. The molecule has 0 spiro atoms. The van der Waals surface area contributed by atoms with Crippen LogP contribution in [0.5, 0.6) is 0 Å². The van der Waals surface area contributed by atoms with Crippen molar-refractivity contribution in [2.75, 3.05) is 11.1 Å². The van der Waals surface area contributed by atoms with Gasteiger partial charge in [0.15, 0.2) is 5.82 Å². The number of nitrogen functional groups attached to an aromatic ring is 1. The maximum absolute atomic E-state index is 11.0. The van der Waals surface area contributed by atoms with Crippen molar-refractivity contribution in [2.45, 2.75) is 6.42 Å². The predicted molar refractivity (Wildman–Crippen MR) is 77.9 cm³/mol. The summed E-state index contributed by atoms with van der Waals surface area (Å²) in [5.41, 5.74) is 13.7. The van der Waals surface area contributed by atoms with Crippen molar-refractivity contribution in [3.63, 3.8) is 0 Å². The lowest BCUT2D eigenvalue weighted by molar-refractivity contribution is 0.100. The first kappa shape index (κ1) is 13.5. The molecule has 0 aliphatic rings. The SMILES string of the molecule is C=C(Cc1ccc(C(N)=O)cc1)Nc1cncnc1N. The summed E-state index contributed by atoms with van der Waals surface area (Å²) in [6.07, 6.45) is 3.56. The first-order valence-corrected chi connectivity index (χ1v) is 5.95. The normalized spacial score (nSPS) is 10.0. The van der Waals surface area contributed by atoms with Crippen LogP contribution in [0.15, 0.2) is 49.1 Å². The lowest BCUT2D eigenvalue weighted by Gasteiger charge is -2.10. The molecule has 102 valence electrons. The molecule has 0 aliphatic carbocycles. The first-order valence-electron chi connectivity index (χ1n) is 5.95. The molecule has 1 amide bonds. The number of allylic oxidation sites excluding steroid dienone is 1. The smallest absolute Gasteiger partial charge is 0.248 e. The number of primary amides is 1. The van der Waals surface area contributed by atoms with E-state index >= 15 is 0 Å². The van der Waals surface area contributed by atoms with Crippen molar-refractivity contribution in [2.24, 2.45) is 5.73 Å². The molecule has 0 bridgehead atoms. The van der Waals surface area contributed by atoms with Crippen molar-refractivity contribution in [3.05, 3.63) is 60.2 Å². The molecular formula is C14H15N5O. The quantitative estimate of drug-likeness (QED) is 0.759. The average molecular weight is 269 g/mol. The van der Waals surface area contributed by atoms with Crippen LogP contribution in [0.1, 0.15) is 15.9 Å². The molecule has 6 nitrogen and oxygen atoms in total. The van der Waals surface area contributed by atoms with E-state index in [-0.39, 0.29) is 0 Å². The summed E-state index contributed by atoms with van der Waals surface area (Å²) in [5.74, 6) is -0.0760. The topological polar surface area (TPSA) is 107 Å². The van der Waals surface area contributed by atoms with Gasteiger partial charge in [0.25, 0.3) is 0 Å². The van der Waals surface area contributed by atoms with Gasteiger partial charge in [0, 0.05) is 17.7 Å². The number of anilines is 2. The Bertz CT molecular complexity index is 636. The number of nitrogens with two attached hydrogens (primary N) is 2. The molecule has 1 aromatic heterocycles. The Morgan fingerprint density at radius 3 is 2.60 bits per heavy atom. The highest BCUT2D eigenvalue weighted by atomic mass is 16.1. The summed E-state index contributed by atoms with van der Waals surface area (Å²) in [6.45, 7) is 3.93. The van der Waals surface area contributed by atoms with Gasteiger partial charge in [0.1, 0.15) is 6.33 Å². The number of carbonyl (C=O) groups excluding carboxylic acids is 1. The minimum atomic E-state index is -0.442. The van der Waals surface area contributed by atoms with Gasteiger partial charge in [-0.15, -0.1) is 0 Å². The Morgan fingerprint density at radius 2 is 2.00 bits per heavy atom. The summed E-state index contributed by atoms with van der Waals surface area (Å²) in [6, 6.07) is 7.03. The van der Waals surface area contributed by atoms with Crippen LogP contribution in [0.4, 0.5) is 11.5 Å². The molecule has 1 aromatic carbocycles. The molecule has 2 rings (SSSR count). The summed E-state index contributed by atoms with van der Waals surface area (Å²) in [4.78, 5) is 18.8. The fourth-order valence-electron chi connectivity index (χ4n) is 1.70. The number of hydrogen-bond donors (Lipinski definition) is 3. The van der Waals surface area contributed by atoms with Crippen molar-refractivity contribution < 1.29 is 4.79 Å². The first-order chi connectivity index (χ1) is 9.56. The Hall–Kier alpha value is -2.89. The third-order valence-electron chi connectivity index (χ3n) is 2.71. The van der Waals surface area contributed by atoms with E-state index < -0.39 is 5.91 Å². The Kier molecular flexibility index (Phi) is 3.95. The summed E-state index contributed by atoms with van der Waals surface area (Å²) in [5, 5.41) is 3.06. The van der Waals surface area contributed by atoms with Crippen molar-refractivity contribution >= 4 is 17.4 Å². The van der Waals surface area contributed by atoms with Crippen LogP contribution >= 0.6 is 0 Å². The molecule has 2 aromatic rings. The highest BCUT2D eigenvalue weighted by Crippen LogP contribution is 2.16. The molecular weight excluding hydrogens is 254 g/mol. The summed E-state index contributed by atoms with van der Waals surface area (Å²) >= 11 is 0. The zero-order valence-corrected chi connectivity index (χ0v) is 10.8. The van der Waals surface area contributed by atoms with Crippen molar-refractivity contribution in [1.29, 1.82) is 0 Å². The third-order valence-corrected chi connectivity index (χ3v) is 2.71. The molecule has 20 heavy (non-hydrogen) atoms. The number of amides is 1.